The van der Waals surface area contributed by atoms with Crippen molar-refractivity contribution in [3.63, 3.8) is 0 Å². The van der Waals surface area contributed by atoms with Gasteiger partial charge in [0.1, 0.15) is 4.74 Å². The molecular weight excluding hydrogens is 264 g/mol. The molecule has 0 aromatic heterocycles. The lowest BCUT2D eigenvalue weighted by Crippen LogP contribution is -1.66. The Hall–Kier alpha value is 2.04. The predicted octanol–water partition coefficient (Wildman–Crippen LogP) is 4.40. The number of hydrogen-bond acceptors (Lipinski definition) is 2. The van der Waals surface area contributed by atoms with Crippen LogP contribution in [0.1, 0.15) is 0 Å². The first-order valence-corrected chi connectivity index (χ1v) is 10.2. The minimum atomic E-state index is -3.16. The highest BCUT2D eigenvalue weighted by Crippen LogP contribution is 2.72. The van der Waals surface area contributed by atoms with Crippen molar-refractivity contribution < 1.29 is 4.57 Å². The molecule has 0 amide bonds. The Morgan fingerprint density at radius 1 is 1.22 bits per heavy atom. The summed E-state index contributed by atoms with van der Waals surface area (Å²) in [6.07, 6.45) is 0. The van der Waals surface area contributed by atoms with Crippen molar-refractivity contribution in [2.45, 2.75) is 0 Å². The van der Waals surface area contributed by atoms with E-state index >= 15 is 0 Å². The molecule has 56 valence electrons. The van der Waals surface area contributed by atoms with Crippen LogP contribution in [0.5, 0.6) is 0 Å². The third-order valence-electron chi connectivity index (χ3n) is 0.329. The lowest BCUT2D eigenvalue weighted by atomic mass is 11.9. The second-order valence-electron chi connectivity index (χ2n) is 1.28. The Kier molecular flexibility index (Phi) is 4.45. The van der Waals surface area contributed by atoms with Gasteiger partial charge in [-0.2, -0.15) is 0 Å². The van der Waals surface area contributed by atoms with Crippen molar-refractivity contribution in [3.05, 3.63) is 0 Å². The van der Waals surface area contributed by atoms with E-state index in [0.29, 0.717) is 0 Å². The molecule has 0 heterocycles. The van der Waals surface area contributed by atoms with Crippen molar-refractivity contribution in [1.29, 1.82) is 0 Å². The van der Waals surface area contributed by atoms with E-state index in [1.165, 1.54) is 0 Å². The monoisotopic (exact) mass is 264 g/mol. The summed E-state index contributed by atoms with van der Waals surface area (Å²) in [5, 5.41) is 0. The number of halogens is 4. The van der Waals surface area contributed by atoms with Crippen molar-refractivity contribution in [3.8, 4) is 0 Å². The molecule has 0 aliphatic rings. The molecule has 0 radical (unpaired) electrons. The van der Waals surface area contributed by atoms with Crippen LogP contribution in [0.15, 0.2) is 0 Å². The van der Waals surface area contributed by atoms with Crippen molar-refractivity contribution in [1.82, 2.24) is 0 Å². The zero-order valence-electron chi connectivity index (χ0n) is 3.93. The molecule has 0 atom stereocenters. The summed E-state index contributed by atoms with van der Waals surface area (Å²) in [5.41, 5.74) is 0. The van der Waals surface area contributed by atoms with Gasteiger partial charge in [0.2, 0.25) is 0 Å². The van der Waals surface area contributed by atoms with Gasteiger partial charge in [0.25, 0.3) is 5.85 Å². The molecule has 0 aliphatic carbocycles. The fourth-order valence-electron chi connectivity index (χ4n) is 0.192. The first-order valence-electron chi connectivity index (χ1n) is 1.67. The average molecular weight is 266 g/mol. The van der Waals surface area contributed by atoms with Crippen molar-refractivity contribution in [2.75, 3.05) is 5.90 Å². The molecule has 0 unspecified atom stereocenters. The van der Waals surface area contributed by atoms with Gasteiger partial charge in [-0.05, 0) is 22.5 Å². The van der Waals surface area contributed by atoms with Gasteiger partial charge in [-0.15, -0.1) is 0 Å². The summed E-state index contributed by atoms with van der Waals surface area (Å²) < 4.78 is 8.02. The van der Waals surface area contributed by atoms with Crippen LogP contribution in [0.2, 0.25) is 0 Å². The second kappa shape index (κ2) is 3.63. The van der Waals surface area contributed by atoms with E-state index in [0.717, 1.165) is 0 Å². The third-order valence-corrected chi connectivity index (χ3v) is 7.85. The van der Waals surface area contributed by atoms with E-state index < -0.39 is 10.6 Å². The quantitative estimate of drug-likeness (QED) is 0.689. The van der Waals surface area contributed by atoms with Crippen LogP contribution in [-0.4, -0.2) is 5.90 Å². The molecule has 0 fully saturated rings. The van der Waals surface area contributed by atoms with E-state index in [-0.39, 0.29) is 5.90 Å². The lowest BCUT2D eigenvalue weighted by molar-refractivity contribution is 0.595. The maximum Gasteiger partial charge on any atom is 0.260 e. The first kappa shape index (κ1) is 11.0. The van der Waals surface area contributed by atoms with Gasteiger partial charge in [0.15, 0.2) is 0 Å². The minimum absolute atomic E-state index is 0.165. The van der Waals surface area contributed by atoms with Crippen LogP contribution in [0.4, 0.5) is 0 Å². The molecule has 1 nitrogen and oxygen atoms in total. The Bertz CT molecular complexity index is 159. The molecular formula is CH2Cl4OP2S. The summed E-state index contributed by atoms with van der Waals surface area (Å²) in [6.45, 7) is 0. The van der Waals surface area contributed by atoms with E-state index in [1.54, 1.807) is 0 Å². The predicted molar refractivity (Wildman–Crippen MR) is 50.2 cm³/mol. The summed E-state index contributed by atoms with van der Waals surface area (Å²) in [5.74, 6) is -3.33. The van der Waals surface area contributed by atoms with E-state index in [9.17, 15) is 4.57 Å². The van der Waals surface area contributed by atoms with Gasteiger partial charge in [-0.3, -0.25) is 4.57 Å². The molecule has 0 rings (SSSR count). The molecule has 0 bridgehead atoms. The van der Waals surface area contributed by atoms with Gasteiger partial charge in [-0.25, -0.2) is 0 Å². The largest absolute Gasteiger partial charge is 0.289 e. The Labute approximate surface area is 77.5 Å². The standard InChI is InChI=1S/CH2Cl4OP2S/c2-7(3,6)1-8(4,5)9/h1H2. The van der Waals surface area contributed by atoms with Crippen molar-refractivity contribution in [2.24, 2.45) is 0 Å². The molecule has 0 spiro atoms. The molecule has 0 N–H and O–H groups in total. The highest BCUT2D eigenvalue weighted by atomic mass is 35.9. The zero-order chi connectivity index (χ0) is 7.71. The van der Waals surface area contributed by atoms with Crippen LogP contribution in [-0.2, 0) is 16.4 Å². The summed E-state index contributed by atoms with van der Waals surface area (Å²) >= 11 is 25.5. The maximum absolute atomic E-state index is 10.6. The summed E-state index contributed by atoms with van der Waals surface area (Å²) in [4.78, 5) is 0. The number of hydrogen-bond donors (Lipinski definition) is 0. The van der Waals surface area contributed by atoms with Crippen LogP contribution in [0.25, 0.3) is 0 Å². The summed E-state index contributed by atoms with van der Waals surface area (Å²) in [7, 11) is 0. The topological polar surface area (TPSA) is 17.1 Å². The van der Waals surface area contributed by atoms with Gasteiger partial charge in [0, 0.05) is 0 Å². The highest BCUT2D eigenvalue weighted by molar-refractivity contribution is 8.42. The van der Waals surface area contributed by atoms with Crippen molar-refractivity contribution >= 4 is 67.4 Å². The minimum Gasteiger partial charge on any atom is -0.289 e. The van der Waals surface area contributed by atoms with E-state index in [2.05, 4.69) is 11.8 Å². The van der Waals surface area contributed by atoms with Crippen LogP contribution < -0.4 is 0 Å². The Morgan fingerprint density at radius 2 is 1.56 bits per heavy atom. The first-order chi connectivity index (χ1) is 3.71. The van der Waals surface area contributed by atoms with Gasteiger partial charge in [-0.1, -0.05) is 34.3 Å². The summed E-state index contributed by atoms with van der Waals surface area (Å²) in [6, 6.07) is 0. The SMILES string of the molecule is O=P(Cl)(Cl)CP(=S)(Cl)Cl. The fourth-order valence-corrected chi connectivity index (χ4v) is 11.9. The number of rotatable bonds is 2. The van der Waals surface area contributed by atoms with Crippen LogP contribution in [0.3, 0.4) is 0 Å². The maximum atomic E-state index is 10.6. The third kappa shape index (κ3) is 10.0. The fraction of sp³-hybridized carbons (Fsp3) is 1.00. The molecule has 0 saturated heterocycles. The normalized spacial score (nSPS) is 13.8. The second-order valence-corrected chi connectivity index (χ2v) is 15.5. The lowest BCUT2D eigenvalue weighted by Gasteiger charge is -2.03. The van der Waals surface area contributed by atoms with E-state index in [1.807, 2.05) is 0 Å². The highest BCUT2D eigenvalue weighted by Gasteiger charge is 2.23. The molecule has 0 aromatic rings. The Morgan fingerprint density at radius 3 is 1.56 bits per heavy atom. The molecule has 9 heavy (non-hydrogen) atoms. The molecule has 0 aliphatic heterocycles. The van der Waals surface area contributed by atoms with Gasteiger partial charge >= 0.3 is 0 Å². The van der Waals surface area contributed by atoms with Crippen LogP contribution in [0, 0.1) is 0 Å². The van der Waals surface area contributed by atoms with Gasteiger partial charge in [0.05, 0.1) is 5.90 Å². The van der Waals surface area contributed by atoms with Crippen LogP contribution >= 0.6 is 55.6 Å². The smallest absolute Gasteiger partial charge is 0.260 e. The van der Waals surface area contributed by atoms with Gasteiger partial charge < -0.3 is 0 Å². The average Bonchev–Trinajstić information content (AvgIpc) is 1.14. The molecule has 8 heteroatoms. The Balaban J connectivity index is 4.07. The van der Waals surface area contributed by atoms with E-state index in [4.69, 9.17) is 45.0 Å². The molecule has 0 aromatic carbocycles. The zero-order valence-corrected chi connectivity index (χ0v) is 9.56. The molecule has 0 saturated carbocycles.